The van der Waals surface area contributed by atoms with Gasteiger partial charge in [-0.05, 0) is 24.0 Å². The van der Waals surface area contributed by atoms with Gasteiger partial charge in [0.05, 0.1) is 0 Å². The fourth-order valence-electron chi connectivity index (χ4n) is 1.32. The number of nitrogens with zero attached hydrogens (tertiary/aromatic N) is 2. The van der Waals surface area contributed by atoms with Crippen molar-refractivity contribution in [2.24, 2.45) is 0 Å². The van der Waals surface area contributed by atoms with Crippen LogP contribution in [0.15, 0.2) is 22.5 Å². The van der Waals surface area contributed by atoms with Crippen LogP contribution >= 0.6 is 23.1 Å². The van der Waals surface area contributed by atoms with E-state index < -0.39 is 12.9 Å². The predicted molar refractivity (Wildman–Crippen MR) is 70.4 cm³/mol. The number of hydrogen-bond acceptors (Lipinski definition) is 6. The summed E-state index contributed by atoms with van der Waals surface area (Å²) in [5, 5.41) is 26.5. The number of halogens is 1. The molecule has 0 amide bonds. The molecule has 8 heteroatoms. The van der Waals surface area contributed by atoms with E-state index in [2.05, 4.69) is 10.2 Å². The van der Waals surface area contributed by atoms with E-state index in [0.717, 1.165) is 15.4 Å². The molecule has 1 aromatic heterocycles. The maximum absolute atomic E-state index is 13.7. The van der Waals surface area contributed by atoms with E-state index in [1.807, 2.05) is 6.92 Å². The van der Waals surface area contributed by atoms with E-state index in [1.54, 1.807) is 6.07 Å². The highest BCUT2D eigenvalue weighted by atomic mass is 32.2. The maximum atomic E-state index is 13.7. The first kappa shape index (κ1) is 13.5. The van der Waals surface area contributed by atoms with Crippen LogP contribution in [-0.2, 0) is 5.75 Å². The van der Waals surface area contributed by atoms with Crippen LogP contribution in [0.5, 0.6) is 0 Å². The van der Waals surface area contributed by atoms with Gasteiger partial charge in [-0.2, -0.15) is 0 Å². The number of benzene rings is 1. The zero-order valence-corrected chi connectivity index (χ0v) is 11.1. The third-order valence-corrected chi connectivity index (χ3v) is 4.25. The Labute approximate surface area is 112 Å². The summed E-state index contributed by atoms with van der Waals surface area (Å²) in [4.78, 5) is 0. The number of hydrogen-bond donors (Lipinski definition) is 2. The van der Waals surface area contributed by atoms with Crippen molar-refractivity contribution in [1.29, 1.82) is 0 Å². The normalized spacial score (nSPS) is 10.7. The van der Waals surface area contributed by atoms with Crippen LogP contribution in [0.3, 0.4) is 0 Å². The first-order chi connectivity index (χ1) is 8.56. The van der Waals surface area contributed by atoms with Crippen LogP contribution in [0.4, 0.5) is 4.39 Å². The molecule has 0 fully saturated rings. The molecule has 0 radical (unpaired) electrons. The average molecular weight is 284 g/mol. The fraction of sp³-hybridized carbons (Fsp3) is 0.200. The Balaban J connectivity index is 2.05. The summed E-state index contributed by atoms with van der Waals surface area (Å²) in [5.74, 6) is -0.0169. The molecule has 0 aliphatic rings. The zero-order chi connectivity index (χ0) is 13.1. The fourth-order valence-corrected chi connectivity index (χ4v) is 3.12. The van der Waals surface area contributed by atoms with Crippen LogP contribution in [0, 0.1) is 12.7 Å². The van der Waals surface area contributed by atoms with E-state index in [0.29, 0.717) is 11.3 Å². The summed E-state index contributed by atoms with van der Waals surface area (Å²) in [7, 11) is -1.65. The molecule has 1 heterocycles. The van der Waals surface area contributed by atoms with Crippen molar-refractivity contribution >= 4 is 35.7 Å². The monoisotopic (exact) mass is 284 g/mol. The number of aromatic nitrogens is 2. The molecule has 0 aliphatic carbocycles. The lowest BCUT2D eigenvalue weighted by Gasteiger charge is -2.04. The second-order valence-corrected chi connectivity index (χ2v) is 6.00. The van der Waals surface area contributed by atoms with Gasteiger partial charge < -0.3 is 10.0 Å². The first-order valence-electron chi connectivity index (χ1n) is 5.13. The van der Waals surface area contributed by atoms with Crippen LogP contribution in [-0.4, -0.2) is 27.4 Å². The third-order valence-electron chi connectivity index (χ3n) is 2.23. The second-order valence-electron chi connectivity index (χ2n) is 3.60. The Morgan fingerprint density at radius 1 is 1.39 bits per heavy atom. The lowest BCUT2D eigenvalue weighted by molar-refractivity contribution is 0.425. The quantitative estimate of drug-likeness (QED) is 0.646. The molecule has 4 nitrogen and oxygen atoms in total. The van der Waals surface area contributed by atoms with Crippen molar-refractivity contribution in [3.63, 3.8) is 0 Å². The molecule has 0 bridgehead atoms. The summed E-state index contributed by atoms with van der Waals surface area (Å²) in [5.41, 5.74) is 0.644. The Bertz CT molecular complexity index is 550. The number of rotatable bonds is 4. The molecule has 0 unspecified atom stereocenters. The number of thioether (sulfide) groups is 1. The molecule has 0 aliphatic heterocycles. The van der Waals surface area contributed by atoms with Gasteiger partial charge in [-0.25, -0.2) is 4.39 Å². The molecule has 2 N–H and O–H groups in total. The highest BCUT2D eigenvalue weighted by Gasteiger charge is 2.13. The lowest BCUT2D eigenvalue weighted by atomic mass is 9.80. The Morgan fingerprint density at radius 3 is 2.72 bits per heavy atom. The van der Waals surface area contributed by atoms with Gasteiger partial charge in [-0.1, -0.05) is 35.2 Å². The van der Waals surface area contributed by atoms with Gasteiger partial charge in [-0.3, -0.25) is 0 Å². The summed E-state index contributed by atoms with van der Waals surface area (Å²) in [6, 6.07) is 4.17. The maximum Gasteiger partial charge on any atom is 0.488 e. The molecule has 2 aromatic rings. The van der Waals surface area contributed by atoms with E-state index in [4.69, 9.17) is 10.0 Å². The van der Waals surface area contributed by atoms with Crippen LogP contribution in [0.25, 0.3) is 0 Å². The highest BCUT2D eigenvalue weighted by molar-refractivity contribution is 8.00. The van der Waals surface area contributed by atoms with Crippen LogP contribution < -0.4 is 5.46 Å². The van der Waals surface area contributed by atoms with E-state index in [1.165, 1.54) is 29.2 Å². The molecule has 0 spiro atoms. The third kappa shape index (κ3) is 3.29. The summed E-state index contributed by atoms with van der Waals surface area (Å²) in [6.45, 7) is 1.86. The number of aryl methyl sites for hydroxylation is 1. The Hall–Kier alpha value is -0.955. The van der Waals surface area contributed by atoms with E-state index in [9.17, 15) is 4.39 Å². The van der Waals surface area contributed by atoms with Crippen molar-refractivity contribution in [3.8, 4) is 0 Å². The average Bonchev–Trinajstić information content (AvgIpc) is 2.73. The summed E-state index contributed by atoms with van der Waals surface area (Å²) < 4.78 is 14.4. The smallest absolute Gasteiger partial charge is 0.423 e. The molecule has 0 saturated heterocycles. The van der Waals surface area contributed by atoms with Gasteiger partial charge in [0.15, 0.2) is 4.34 Å². The standard InChI is InChI=1S/C10H10BFN2O2S2/c1-6-13-14-10(18-6)17-5-7-2-3-8(11(15)16)4-9(7)12/h2-4,15-16H,5H2,1H3. The van der Waals surface area contributed by atoms with Crippen molar-refractivity contribution < 1.29 is 14.4 Å². The highest BCUT2D eigenvalue weighted by Crippen LogP contribution is 2.26. The molecular formula is C10H10BFN2O2S2. The van der Waals surface area contributed by atoms with Gasteiger partial charge in [0.1, 0.15) is 10.8 Å². The first-order valence-corrected chi connectivity index (χ1v) is 6.94. The predicted octanol–water partition coefficient (Wildman–Crippen LogP) is 0.958. The molecule has 0 saturated carbocycles. The lowest BCUT2D eigenvalue weighted by Crippen LogP contribution is -2.30. The minimum atomic E-state index is -1.65. The van der Waals surface area contributed by atoms with Gasteiger partial charge >= 0.3 is 7.12 Å². The SMILES string of the molecule is Cc1nnc(SCc2ccc(B(O)O)cc2F)s1. The van der Waals surface area contributed by atoms with Gasteiger partial charge in [0.2, 0.25) is 0 Å². The zero-order valence-electron chi connectivity index (χ0n) is 9.50. The summed E-state index contributed by atoms with van der Waals surface area (Å²) in [6.07, 6.45) is 0. The van der Waals surface area contributed by atoms with Crippen molar-refractivity contribution in [2.75, 3.05) is 0 Å². The van der Waals surface area contributed by atoms with Gasteiger partial charge in [0, 0.05) is 5.75 Å². The Morgan fingerprint density at radius 2 is 2.17 bits per heavy atom. The molecular weight excluding hydrogens is 274 g/mol. The Kier molecular flexibility index (Phi) is 4.33. The minimum absolute atomic E-state index is 0.146. The largest absolute Gasteiger partial charge is 0.488 e. The van der Waals surface area contributed by atoms with E-state index in [-0.39, 0.29) is 5.46 Å². The van der Waals surface area contributed by atoms with Crippen LogP contribution in [0.2, 0.25) is 0 Å². The van der Waals surface area contributed by atoms with E-state index >= 15 is 0 Å². The molecule has 0 atom stereocenters. The van der Waals surface area contributed by atoms with Crippen molar-refractivity contribution in [1.82, 2.24) is 10.2 Å². The van der Waals surface area contributed by atoms with Crippen molar-refractivity contribution in [2.45, 2.75) is 17.0 Å². The van der Waals surface area contributed by atoms with Gasteiger partial charge in [0.25, 0.3) is 0 Å². The molecule has 2 rings (SSSR count). The van der Waals surface area contributed by atoms with Crippen molar-refractivity contribution in [3.05, 3.63) is 34.6 Å². The topological polar surface area (TPSA) is 66.2 Å². The minimum Gasteiger partial charge on any atom is -0.423 e. The molecule has 18 heavy (non-hydrogen) atoms. The van der Waals surface area contributed by atoms with Gasteiger partial charge in [-0.15, -0.1) is 10.2 Å². The van der Waals surface area contributed by atoms with Crippen LogP contribution in [0.1, 0.15) is 10.6 Å². The molecule has 1 aromatic carbocycles. The second kappa shape index (κ2) is 5.79. The summed E-state index contributed by atoms with van der Waals surface area (Å²) >= 11 is 2.86. The molecule has 94 valence electrons.